The van der Waals surface area contributed by atoms with Gasteiger partial charge in [0.15, 0.2) is 0 Å². The van der Waals surface area contributed by atoms with Crippen LogP contribution in [0.15, 0.2) is 24.3 Å². The second-order valence-corrected chi connectivity index (χ2v) is 4.00. The van der Waals surface area contributed by atoms with E-state index in [1.807, 2.05) is 18.2 Å². The van der Waals surface area contributed by atoms with Gasteiger partial charge in [-0.1, -0.05) is 19.1 Å². The monoisotopic (exact) mass is 251 g/mol. The molecule has 1 unspecified atom stereocenters. The topological polar surface area (TPSA) is 47.6 Å². The summed E-state index contributed by atoms with van der Waals surface area (Å²) >= 11 is 0. The van der Waals surface area contributed by atoms with Crippen LogP contribution in [0.3, 0.4) is 0 Å². The molecule has 100 valence electrons. The number of aryl methyl sites for hydroxylation is 1. The largest absolute Gasteiger partial charge is 0.494 e. The van der Waals surface area contributed by atoms with Crippen molar-refractivity contribution >= 4 is 5.97 Å². The van der Waals surface area contributed by atoms with Gasteiger partial charge in [-0.05, 0) is 31.2 Å². The molecule has 0 aliphatic rings. The summed E-state index contributed by atoms with van der Waals surface area (Å²) in [6, 6.07) is 7.67. The molecule has 0 heterocycles. The van der Waals surface area contributed by atoms with Crippen LogP contribution < -0.4 is 10.1 Å². The average Bonchev–Trinajstić information content (AvgIpc) is 2.43. The van der Waals surface area contributed by atoms with Gasteiger partial charge < -0.3 is 14.8 Å². The third-order valence-corrected chi connectivity index (χ3v) is 2.82. The van der Waals surface area contributed by atoms with Crippen LogP contribution in [0.1, 0.15) is 18.9 Å². The fraction of sp³-hybridized carbons (Fsp3) is 0.500. The van der Waals surface area contributed by atoms with Crippen molar-refractivity contribution in [3.8, 4) is 5.75 Å². The Morgan fingerprint density at radius 3 is 2.83 bits per heavy atom. The first-order valence-electron chi connectivity index (χ1n) is 6.18. The maximum absolute atomic E-state index is 11.3. The second kappa shape index (κ2) is 7.71. The van der Waals surface area contributed by atoms with E-state index in [4.69, 9.17) is 4.74 Å². The van der Waals surface area contributed by atoms with Crippen molar-refractivity contribution in [1.29, 1.82) is 0 Å². The molecule has 0 spiro atoms. The molecule has 0 fully saturated rings. The lowest BCUT2D eigenvalue weighted by Crippen LogP contribution is -2.36. The predicted molar refractivity (Wildman–Crippen MR) is 70.8 cm³/mol. The molecule has 1 N–H and O–H groups in total. The number of carbonyl (C=O) groups is 1. The average molecular weight is 251 g/mol. The van der Waals surface area contributed by atoms with Crippen LogP contribution in [-0.4, -0.2) is 32.8 Å². The van der Waals surface area contributed by atoms with Gasteiger partial charge in [0.2, 0.25) is 0 Å². The molecule has 0 aliphatic heterocycles. The second-order valence-electron chi connectivity index (χ2n) is 4.00. The number of hydrogen-bond donors (Lipinski definition) is 1. The summed E-state index contributed by atoms with van der Waals surface area (Å²) in [6.45, 7) is 2.58. The van der Waals surface area contributed by atoms with Crippen molar-refractivity contribution in [2.75, 3.05) is 20.8 Å². The molecule has 18 heavy (non-hydrogen) atoms. The number of ether oxygens (including phenoxy) is 2. The molecule has 1 aromatic carbocycles. The first kappa shape index (κ1) is 14.5. The lowest BCUT2D eigenvalue weighted by Gasteiger charge is -2.14. The van der Waals surface area contributed by atoms with Crippen molar-refractivity contribution in [1.82, 2.24) is 5.32 Å². The van der Waals surface area contributed by atoms with Gasteiger partial charge in [0.1, 0.15) is 11.8 Å². The zero-order valence-corrected chi connectivity index (χ0v) is 11.2. The number of hydrogen-bond acceptors (Lipinski definition) is 4. The van der Waals surface area contributed by atoms with Gasteiger partial charge in [-0.3, -0.25) is 4.79 Å². The first-order valence-corrected chi connectivity index (χ1v) is 6.18. The van der Waals surface area contributed by atoms with Gasteiger partial charge >= 0.3 is 5.97 Å². The van der Waals surface area contributed by atoms with Crippen LogP contribution in [-0.2, 0) is 16.0 Å². The molecule has 4 nitrogen and oxygen atoms in total. The highest BCUT2D eigenvalue weighted by Gasteiger charge is 2.16. The molecule has 0 radical (unpaired) electrons. The van der Waals surface area contributed by atoms with Crippen LogP contribution in [0.25, 0.3) is 0 Å². The first-order chi connectivity index (χ1) is 8.71. The Morgan fingerprint density at radius 1 is 1.44 bits per heavy atom. The number of esters is 1. The summed E-state index contributed by atoms with van der Waals surface area (Å²) in [7, 11) is 3.12. The standard InChI is InChI=1S/C14H21NO3/c1-4-11-6-5-7-12(10-11)18-9-8-13(15-2)14(16)17-3/h5-7,10,13,15H,4,8-9H2,1-3H3. The minimum atomic E-state index is -0.315. The summed E-state index contributed by atoms with van der Waals surface area (Å²) in [5, 5.41) is 2.91. The Labute approximate surface area is 108 Å². The summed E-state index contributed by atoms with van der Waals surface area (Å²) in [5.74, 6) is 0.581. The van der Waals surface area contributed by atoms with Crippen molar-refractivity contribution in [2.45, 2.75) is 25.8 Å². The van der Waals surface area contributed by atoms with E-state index in [9.17, 15) is 4.79 Å². The van der Waals surface area contributed by atoms with Gasteiger partial charge in [-0.25, -0.2) is 0 Å². The molecular formula is C14H21NO3. The van der Waals surface area contributed by atoms with E-state index >= 15 is 0 Å². The highest BCUT2D eigenvalue weighted by atomic mass is 16.5. The Bertz CT molecular complexity index is 379. The zero-order valence-electron chi connectivity index (χ0n) is 11.2. The van der Waals surface area contributed by atoms with Gasteiger partial charge in [0, 0.05) is 6.42 Å². The molecule has 0 saturated carbocycles. The minimum absolute atomic E-state index is 0.261. The Hall–Kier alpha value is -1.55. The van der Waals surface area contributed by atoms with Crippen LogP contribution in [0.4, 0.5) is 0 Å². The Morgan fingerprint density at radius 2 is 2.22 bits per heavy atom. The van der Waals surface area contributed by atoms with E-state index < -0.39 is 0 Å². The maximum Gasteiger partial charge on any atom is 0.322 e. The van der Waals surface area contributed by atoms with Crippen molar-refractivity contribution in [3.05, 3.63) is 29.8 Å². The van der Waals surface area contributed by atoms with Crippen molar-refractivity contribution in [2.24, 2.45) is 0 Å². The van der Waals surface area contributed by atoms with Crippen LogP contribution in [0.5, 0.6) is 5.75 Å². The Kier molecular flexibility index (Phi) is 6.22. The summed E-state index contributed by atoms with van der Waals surface area (Å²) in [6.07, 6.45) is 1.57. The number of rotatable bonds is 7. The van der Waals surface area contributed by atoms with E-state index in [2.05, 4.69) is 23.0 Å². The number of methoxy groups -OCH3 is 1. The Balaban J connectivity index is 2.42. The fourth-order valence-electron chi connectivity index (χ4n) is 1.67. The van der Waals surface area contributed by atoms with E-state index in [0.717, 1.165) is 12.2 Å². The summed E-state index contributed by atoms with van der Waals surface area (Å²) in [5.41, 5.74) is 1.24. The van der Waals surface area contributed by atoms with Gasteiger partial charge in [0.25, 0.3) is 0 Å². The quantitative estimate of drug-likeness (QED) is 0.750. The number of likely N-dealkylation sites (N-methyl/N-ethyl adjacent to an activating group) is 1. The summed E-state index contributed by atoms with van der Waals surface area (Å²) < 4.78 is 10.3. The van der Waals surface area contributed by atoms with E-state index in [1.54, 1.807) is 7.05 Å². The number of benzene rings is 1. The number of carbonyl (C=O) groups excluding carboxylic acids is 1. The lowest BCUT2D eigenvalue weighted by atomic mass is 10.2. The molecule has 0 aliphatic carbocycles. The minimum Gasteiger partial charge on any atom is -0.494 e. The molecular weight excluding hydrogens is 230 g/mol. The van der Waals surface area contributed by atoms with Crippen LogP contribution in [0, 0.1) is 0 Å². The van der Waals surface area contributed by atoms with Gasteiger partial charge in [-0.2, -0.15) is 0 Å². The molecule has 0 bridgehead atoms. The third kappa shape index (κ3) is 4.37. The van der Waals surface area contributed by atoms with E-state index in [-0.39, 0.29) is 12.0 Å². The highest BCUT2D eigenvalue weighted by molar-refractivity contribution is 5.75. The van der Waals surface area contributed by atoms with Crippen molar-refractivity contribution in [3.63, 3.8) is 0 Å². The SMILES string of the molecule is CCc1cccc(OCCC(NC)C(=O)OC)c1. The van der Waals surface area contributed by atoms with E-state index in [0.29, 0.717) is 13.0 Å². The molecule has 1 atom stereocenters. The number of nitrogens with one attached hydrogen (secondary N) is 1. The molecule has 0 saturated heterocycles. The molecule has 1 rings (SSSR count). The fourth-order valence-corrected chi connectivity index (χ4v) is 1.67. The maximum atomic E-state index is 11.3. The predicted octanol–water partition coefficient (Wildman–Crippen LogP) is 1.78. The van der Waals surface area contributed by atoms with Gasteiger partial charge in [-0.15, -0.1) is 0 Å². The smallest absolute Gasteiger partial charge is 0.322 e. The molecule has 1 aromatic rings. The summed E-state index contributed by atoms with van der Waals surface area (Å²) in [4.78, 5) is 11.3. The molecule has 0 aromatic heterocycles. The lowest BCUT2D eigenvalue weighted by molar-refractivity contribution is -0.143. The molecule has 4 heteroatoms. The zero-order chi connectivity index (χ0) is 13.4. The normalized spacial score (nSPS) is 11.9. The highest BCUT2D eigenvalue weighted by Crippen LogP contribution is 2.14. The molecule has 0 amide bonds. The van der Waals surface area contributed by atoms with Crippen LogP contribution >= 0.6 is 0 Å². The van der Waals surface area contributed by atoms with Crippen molar-refractivity contribution < 1.29 is 14.3 Å². The van der Waals surface area contributed by atoms with Gasteiger partial charge in [0.05, 0.1) is 13.7 Å². The third-order valence-electron chi connectivity index (χ3n) is 2.82. The van der Waals surface area contributed by atoms with Crippen LogP contribution in [0.2, 0.25) is 0 Å². The van der Waals surface area contributed by atoms with E-state index in [1.165, 1.54) is 12.7 Å².